The quantitative estimate of drug-likeness (QED) is 0.746. The number of benzene rings is 1. The molecule has 0 atom stereocenters. The van der Waals surface area contributed by atoms with Crippen LogP contribution in [0.4, 0.5) is 5.69 Å². The molecule has 0 unspecified atom stereocenters. The number of nitrogens with two attached hydrogens (primary N) is 1. The van der Waals surface area contributed by atoms with E-state index in [1.165, 1.54) is 11.0 Å². The van der Waals surface area contributed by atoms with Crippen LogP contribution in [0.5, 0.6) is 5.75 Å². The van der Waals surface area contributed by atoms with Gasteiger partial charge in [-0.25, -0.2) is 9.67 Å². The van der Waals surface area contributed by atoms with Crippen molar-refractivity contribution >= 4 is 5.69 Å². The number of nitrogen functional groups attached to an aromatic ring is 1. The fourth-order valence-electron chi connectivity index (χ4n) is 1.28. The monoisotopic (exact) mass is 215 g/mol. The van der Waals surface area contributed by atoms with Crippen molar-refractivity contribution in [1.82, 2.24) is 14.8 Å². The standard InChI is InChI=1S/C10H9N5O/c1-16-7-2-3-8(12)9(4-7)15-6-13-10(5-11)14-15/h2-4,6H,12H2,1H3. The van der Waals surface area contributed by atoms with Gasteiger partial charge in [0.15, 0.2) is 0 Å². The molecule has 0 amide bonds. The van der Waals surface area contributed by atoms with Crippen molar-refractivity contribution < 1.29 is 4.74 Å². The van der Waals surface area contributed by atoms with Crippen molar-refractivity contribution in [3.8, 4) is 17.5 Å². The molecule has 6 nitrogen and oxygen atoms in total. The zero-order valence-corrected chi connectivity index (χ0v) is 8.58. The Morgan fingerprint density at radius 3 is 2.94 bits per heavy atom. The summed E-state index contributed by atoms with van der Waals surface area (Å²) in [5.74, 6) is 0.764. The summed E-state index contributed by atoms with van der Waals surface area (Å²) in [5, 5.41) is 12.6. The van der Waals surface area contributed by atoms with E-state index in [9.17, 15) is 0 Å². The van der Waals surface area contributed by atoms with E-state index in [2.05, 4.69) is 10.1 Å². The Morgan fingerprint density at radius 2 is 2.31 bits per heavy atom. The summed E-state index contributed by atoms with van der Waals surface area (Å²) >= 11 is 0. The summed E-state index contributed by atoms with van der Waals surface area (Å²) in [5.41, 5.74) is 6.97. The highest BCUT2D eigenvalue weighted by molar-refractivity contribution is 5.60. The molecule has 0 bridgehead atoms. The second-order valence-electron chi connectivity index (χ2n) is 3.05. The highest BCUT2D eigenvalue weighted by atomic mass is 16.5. The third-order valence-electron chi connectivity index (χ3n) is 2.08. The van der Waals surface area contributed by atoms with Crippen LogP contribution in [0.25, 0.3) is 5.69 Å². The van der Waals surface area contributed by atoms with Gasteiger partial charge in [-0.05, 0) is 12.1 Å². The summed E-state index contributed by atoms with van der Waals surface area (Å²) in [6, 6.07) is 7.04. The Hall–Kier alpha value is -2.55. The molecule has 0 aliphatic heterocycles. The number of aromatic nitrogens is 3. The molecule has 2 N–H and O–H groups in total. The molecule has 1 aromatic carbocycles. The molecule has 80 valence electrons. The maximum Gasteiger partial charge on any atom is 0.252 e. The van der Waals surface area contributed by atoms with Crippen LogP contribution in [0.3, 0.4) is 0 Å². The van der Waals surface area contributed by atoms with E-state index in [0.29, 0.717) is 17.1 Å². The number of anilines is 1. The van der Waals surface area contributed by atoms with Crippen LogP contribution < -0.4 is 10.5 Å². The van der Waals surface area contributed by atoms with Gasteiger partial charge < -0.3 is 10.5 Å². The summed E-state index contributed by atoms with van der Waals surface area (Å²) in [6.45, 7) is 0. The number of rotatable bonds is 2. The number of nitrogens with zero attached hydrogens (tertiary/aromatic N) is 4. The number of ether oxygens (including phenoxy) is 1. The molecule has 2 rings (SSSR count). The number of methoxy groups -OCH3 is 1. The lowest BCUT2D eigenvalue weighted by Crippen LogP contribution is -2.01. The summed E-state index contributed by atoms with van der Waals surface area (Å²) in [7, 11) is 1.57. The van der Waals surface area contributed by atoms with Crippen LogP contribution in [0.15, 0.2) is 24.5 Å². The molecule has 0 saturated carbocycles. The normalized spacial score (nSPS) is 9.75. The third kappa shape index (κ3) is 1.66. The van der Waals surface area contributed by atoms with Gasteiger partial charge in [0, 0.05) is 6.07 Å². The molecule has 1 aromatic heterocycles. The number of nitriles is 1. The molecule has 0 radical (unpaired) electrons. The largest absolute Gasteiger partial charge is 0.497 e. The second-order valence-corrected chi connectivity index (χ2v) is 3.05. The van der Waals surface area contributed by atoms with E-state index >= 15 is 0 Å². The minimum atomic E-state index is 0.0993. The van der Waals surface area contributed by atoms with Crippen molar-refractivity contribution in [3.05, 3.63) is 30.4 Å². The highest BCUT2D eigenvalue weighted by Gasteiger charge is 2.06. The van der Waals surface area contributed by atoms with Gasteiger partial charge in [0.25, 0.3) is 5.82 Å². The van der Waals surface area contributed by atoms with Crippen molar-refractivity contribution in [1.29, 1.82) is 5.26 Å². The lowest BCUT2D eigenvalue weighted by molar-refractivity contribution is 0.414. The molecular weight excluding hydrogens is 206 g/mol. The Kier molecular flexibility index (Phi) is 2.44. The van der Waals surface area contributed by atoms with Crippen LogP contribution >= 0.6 is 0 Å². The van der Waals surface area contributed by atoms with Crippen molar-refractivity contribution in [3.63, 3.8) is 0 Å². The van der Waals surface area contributed by atoms with Crippen molar-refractivity contribution in [2.75, 3.05) is 12.8 Å². The Balaban J connectivity index is 2.50. The molecule has 1 heterocycles. The maximum atomic E-state index is 8.62. The van der Waals surface area contributed by atoms with Crippen LogP contribution in [0.2, 0.25) is 0 Å². The lowest BCUT2D eigenvalue weighted by atomic mass is 10.2. The fourth-order valence-corrected chi connectivity index (χ4v) is 1.28. The van der Waals surface area contributed by atoms with Crippen molar-refractivity contribution in [2.24, 2.45) is 0 Å². The van der Waals surface area contributed by atoms with Crippen LogP contribution in [-0.2, 0) is 0 Å². The molecule has 6 heteroatoms. The average Bonchev–Trinajstić information content (AvgIpc) is 2.78. The van der Waals surface area contributed by atoms with Gasteiger partial charge in [0.2, 0.25) is 0 Å². The molecule has 0 aliphatic carbocycles. The molecule has 0 aliphatic rings. The molecule has 16 heavy (non-hydrogen) atoms. The van der Waals surface area contributed by atoms with Gasteiger partial charge >= 0.3 is 0 Å². The average molecular weight is 215 g/mol. The molecule has 0 saturated heterocycles. The molecular formula is C10H9N5O. The minimum absolute atomic E-state index is 0.0993. The highest BCUT2D eigenvalue weighted by Crippen LogP contribution is 2.22. The number of hydrogen-bond acceptors (Lipinski definition) is 5. The van der Waals surface area contributed by atoms with Gasteiger partial charge in [-0.1, -0.05) is 0 Å². The van der Waals surface area contributed by atoms with Crippen molar-refractivity contribution in [2.45, 2.75) is 0 Å². The zero-order valence-electron chi connectivity index (χ0n) is 8.58. The minimum Gasteiger partial charge on any atom is -0.497 e. The van der Waals surface area contributed by atoms with Gasteiger partial charge in [-0.2, -0.15) is 5.26 Å². The van der Waals surface area contributed by atoms with Crippen LogP contribution in [0.1, 0.15) is 5.82 Å². The number of hydrogen-bond donors (Lipinski definition) is 1. The summed E-state index contributed by atoms with van der Waals surface area (Å²) in [4.78, 5) is 3.80. The van der Waals surface area contributed by atoms with E-state index in [1.54, 1.807) is 25.3 Å². The predicted molar refractivity (Wildman–Crippen MR) is 57.0 cm³/mol. The van der Waals surface area contributed by atoms with Gasteiger partial charge in [-0.15, -0.1) is 5.10 Å². The van der Waals surface area contributed by atoms with Gasteiger partial charge in [-0.3, -0.25) is 0 Å². The Morgan fingerprint density at radius 1 is 1.50 bits per heavy atom. The SMILES string of the molecule is COc1ccc(N)c(-n2cnc(C#N)n2)c1. The summed E-state index contributed by atoms with van der Waals surface area (Å²) < 4.78 is 6.52. The first-order valence-corrected chi connectivity index (χ1v) is 4.50. The predicted octanol–water partition coefficient (Wildman–Crippen LogP) is 0.730. The first-order valence-electron chi connectivity index (χ1n) is 4.50. The van der Waals surface area contributed by atoms with E-state index < -0.39 is 0 Å². The second kappa shape index (κ2) is 3.90. The molecule has 0 fully saturated rings. The zero-order chi connectivity index (χ0) is 11.5. The van der Waals surface area contributed by atoms with Crippen LogP contribution in [-0.4, -0.2) is 21.9 Å². The van der Waals surface area contributed by atoms with E-state index in [0.717, 1.165) is 0 Å². The van der Waals surface area contributed by atoms with Crippen LogP contribution in [0, 0.1) is 11.3 Å². The van der Waals surface area contributed by atoms with E-state index in [1.807, 2.05) is 6.07 Å². The molecule has 2 aromatic rings. The van der Waals surface area contributed by atoms with E-state index in [-0.39, 0.29) is 5.82 Å². The van der Waals surface area contributed by atoms with Gasteiger partial charge in [0.1, 0.15) is 18.1 Å². The topological polar surface area (TPSA) is 89.8 Å². The lowest BCUT2D eigenvalue weighted by Gasteiger charge is -2.06. The first kappa shape index (κ1) is 9.98. The Bertz CT molecular complexity index is 555. The smallest absolute Gasteiger partial charge is 0.252 e. The molecule has 0 spiro atoms. The summed E-state index contributed by atoms with van der Waals surface area (Å²) in [6.07, 6.45) is 1.43. The third-order valence-corrected chi connectivity index (χ3v) is 2.08. The van der Waals surface area contributed by atoms with E-state index in [4.69, 9.17) is 15.7 Å². The van der Waals surface area contributed by atoms with Gasteiger partial charge in [0.05, 0.1) is 18.5 Å². The first-order chi connectivity index (χ1) is 7.74. The Labute approximate surface area is 91.9 Å². The maximum absolute atomic E-state index is 8.62. The fraction of sp³-hybridized carbons (Fsp3) is 0.100.